The molecule has 1 N–H and O–H groups in total. The van der Waals surface area contributed by atoms with E-state index in [0.29, 0.717) is 46.8 Å². The Morgan fingerprint density at radius 1 is 0.885 bits per heavy atom. The summed E-state index contributed by atoms with van der Waals surface area (Å²) >= 11 is 0. The van der Waals surface area contributed by atoms with Crippen LogP contribution in [0.1, 0.15) is 11.3 Å². The summed E-state index contributed by atoms with van der Waals surface area (Å²) in [6.45, 7) is 0. The topological polar surface area (TPSA) is 78.1 Å². The number of rotatable bonds is 6. The van der Waals surface area contributed by atoms with Gasteiger partial charge in [-0.15, -0.1) is 0 Å². The van der Waals surface area contributed by atoms with Gasteiger partial charge in [0, 0.05) is 18.6 Å². The Balaban J connectivity index is 1.90. The Labute approximate surface area is 150 Å². The van der Waals surface area contributed by atoms with E-state index in [1.165, 1.54) is 27.4 Å². The molecule has 0 spiro atoms. The molecule has 0 atom stereocenters. The lowest BCUT2D eigenvalue weighted by molar-refractivity contribution is 0.355. The zero-order chi connectivity index (χ0) is 18.7. The normalized spacial score (nSPS) is 10.7. The van der Waals surface area contributed by atoms with Crippen LogP contribution in [-0.4, -0.2) is 26.4 Å². The number of methoxy groups -OCH3 is 3. The number of phenolic OH excluding ortho intramolecular Hbond substituents is 1. The summed E-state index contributed by atoms with van der Waals surface area (Å²) in [5, 5.41) is 10.1. The average molecular weight is 356 g/mol. The molecular weight excluding hydrogens is 336 g/mol. The van der Waals surface area contributed by atoms with E-state index in [2.05, 4.69) is 0 Å². The Kier molecular flexibility index (Phi) is 5.02. The minimum Gasteiger partial charge on any atom is -0.504 e. The number of hydrogen-bond donors (Lipinski definition) is 1. The fourth-order valence-corrected chi connectivity index (χ4v) is 2.80. The van der Waals surface area contributed by atoms with Crippen LogP contribution in [0.25, 0.3) is 11.0 Å². The maximum absolute atomic E-state index is 12.4. The molecule has 26 heavy (non-hydrogen) atoms. The van der Waals surface area contributed by atoms with Gasteiger partial charge in [-0.05, 0) is 30.2 Å². The largest absolute Gasteiger partial charge is 0.504 e. The molecule has 6 heteroatoms. The molecule has 0 aliphatic rings. The molecule has 1 aromatic heterocycles. The third kappa shape index (κ3) is 3.44. The zero-order valence-electron chi connectivity index (χ0n) is 14.9. The minimum absolute atomic E-state index is 0.0922. The average Bonchev–Trinajstić information content (AvgIpc) is 2.66. The number of fused-ring (bicyclic) bond motifs is 1. The summed E-state index contributed by atoms with van der Waals surface area (Å²) in [5.41, 5.74) is 1.29. The van der Waals surface area contributed by atoms with Gasteiger partial charge in [-0.1, -0.05) is 6.07 Å². The monoisotopic (exact) mass is 356 g/mol. The number of hydrogen-bond acceptors (Lipinski definition) is 6. The van der Waals surface area contributed by atoms with Crippen LogP contribution in [0.15, 0.2) is 45.6 Å². The minimum atomic E-state index is -0.134. The Hall–Kier alpha value is -3.15. The Morgan fingerprint density at radius 3 is 2.27 bits per heavy atom. The standard InChI is InChI=1S/C20H20O6/c1-23-18-8-12(5-7-15(18)21)4-6-13-9-16(22)14-10-19(24-2)20(25-3)11-17(14)26-13/h5,7-11,21H,4,6H2,1-3H3. The molecule has 0 aliphatic heterocycles. The number of aryl methyl sites for hydroxylation is 2. The second-order valence-corrected chi connectivity index (χ2v) is 5.79. The van der Waals surface area contributed by atoms with Crippen molar-refractivity contribution in [2.45, 2.75) is 12.8 Å². The first-order valence-corrected chi connectivity index (χ1v) is 8.10. The van der Waals surface area contributed by atoms with E-state index in [9.17, 15) is 9.90 Å². The Bertz CT molecular complexity index is 989. The molecule has 0 fully saturated rings. The number of benzene rings is 2. The van der Waals surface area contributed by atoms with Crippen LogP contribution >= 0.6 is 0 Å². The van der Waals surface area contributed by atoms with Crippen LogP contribution in [0.2, 0.25) is 0 Å². The van der Waals surface area contributed by atoms with Crippen LogP contribution < -0.4 is 19.6 Å². The highest BCUT2D eigenvalue weighted by atomic mass is 16.5. The van der Waals surface area contributed by atoms with Crippen LogP contribution in [0.5, 0.6) is 23.0 Å². The highest BCUT2D eigenvalue weighted by molar-refractivity contribution is 5.80. The summed E-state index contributed by atoms with van der Waals surface area (Å²) in [4.78, 5) is 12.4. The second-order valence-electron chi connectivity index (χ2n) is 5.79. The molecule has 1 heterocycles. The van der Waals surface area contributed by atoms with Crippen molar-refractivity contribution in [3.63, 3.8) is 0 Å². The maximum Gasteiger partial charge on any atom is 0.193 e. The van der Waals surface area contributed by atoms with Crippen molar-refractivity contribution in [1.29, 1.82) is 0 Å². The molecule has 3 rings (SSSR count). The molecule has 0 aliphatic carbocycles. The third-order valence-corrected chi connectivity index (χ3v) is 4.19. The van der Waals surface area contributed by atoms with Gasteiger partial charge in [0.15, 0.2) is 28.4 Å². The molecule has 3 aromatic rings. The predicted molar refractivity (Wildman–Crippen MR) is 97.7 cm³/mol. The molecule has 0 bridgehead atoms. The molecule has 136 valence electrons. The van der Waals surface area contributed by atoms with E-state index < -0.39 is 0 Å². The molecule has 0 saturated carbocycles. The second kappa shape index (κ2) is 7.39. The van der Waals surface area contributed by atoms with Crippen molar-refractivity contribution in [2.75, 3.05) is 21.3 Å². The molecular formula is C20H20O6. The molecule has 2 aromatic carbocycles. The molecule has 0 saturated heterocycles. The van der Waals surface area contributed by atoms with Crippen LogP contribution in [0.3, 0.4) is 0 Å². The van der Waals surface area contributed by atoms with E-state index in [1.54, 1.807) is 24.3 Å². The smallest absolute Gasteiger partial charge is 0.193 e. The van der Waals surface area contributed by atoms with Gasteiger partial charge in [0.25, 0.3) is 0 Å². The fraction of sp³-hybridized carbons (Fsp3) is 0.250. The van der Waals surface area contributed by atoms with Crippen molar-refractivity contribution in [1.82, 2.24) is 0 Å². The lowest BCUT2D eigenvalue weighted by atomic mass is 10.1. The van der Waals surface area contributed by atoms with E-state index in [1.807, 2.05) is 6.07 Å². The highest BCUT2D eigenvalue weighted by Gasteiger charge is 2.12. The molecule has 6 nitrogen and oxygen atoms in total. The van der Waals surface area contributed by atoms with Crippen molar-refractivity contribution in [2.24, 2.45) is 0 Å². The first kappa shape index (κ1) is 17.7. The number of ether oxygens (including phenoxy) is 3. The molecule has 0 amide bonds. The van der Waals surface area contributed by atoms with E-state index >= 15 is 0 Å². The van der Waals surface area contributed by atoms with Crippen LogP contribution in [0.4, 0.5) is 0 Å². The summed E-state index contributed by atoms with van der Waals surface area (Å²) in [7, 11) is 4.55. The van der Waals surface area contributed by atoms with E-state index in [0.717, 1.165) is 5.56 Å². The fourth-order valence-electron chi connectivity index (χ4n) is 2.80. The van der Waals surface area contributed by atoms with Gasteiger partial charge in [-0.25, -0.2) is 0 Å². The summed E-state index contributed by atoms with van der Waals surface area (Å²) in [6, 6.07) is 9.93. The summed E-state index contributed by atoms with van der Waals surface area (Å²) < 4.78 is 21.5. The van der Waals surface area contributed by atoms with Crippen molar-refractivity contribution in [3.05, 3.63) is 57.9 Å². The van der Waals surface area contributed by atoms with Gasteiger partial charge in [-0.2, -0.15) is 0 Å². The van der Waals surface area contributed by atoms with Crippen molar-refractivity contribution in [3.8, 4) is 23.0 Å². The molecule has 0 radical (unpaired) electrons. The quantitative estimate of drug-likeness (QED) is 0.730. The Morgan fingerprint density at radius 2 is 1.58 bits per heavy atom. The lowest BCUT2D eigenvalue weighted by Crippen LogP contribution is -2.04. The lowest BCUT2D eigenvalue weighted by Gasteiger charge is -2.10. The third-order valence-electron chi connectivity index (χ3n) is 4.19. The van der Waals surface area contributed by atoms with Crippen molar-refractivity contribution < 1.29 is 23.7 Å². The number of aromatic hydroxyl groups is 1. The van der Waals surface area contributed by atoms with Gasteiger partial charge in [-0.3, -0.25) is 4.79 Å². The van der Waals surface area contributed by atoms with Gasteiger partial charge in [0.2, 0.25) is 0 Å². The highest BCUT2D eigenvalue weighted by Crippen LogP contribution is 2.31. The van der Waals surface area contributed by atoms with Crippen LogP contribution in [0, 0.1) is 0 Å². The van der Waals surface area contributed by atoms with Gasteiger partial charge in [0.05, 0.1) is 26.7 Å². The molecule has 0 unspecified atom stereocenters. The first-order chi connectivity index (χ1) is 12.5. The van der Waals surface area contributed by atoms with E-state index in [-0.39, 0.29) is 11.2 Å². The van der Waals surface area contributed by atoms with Gasteiger partial charge >= 0.3 is 0 Å². The van der Waals surface area contributed by atoms with E-state index in [4.69, 9.17) is 18.6 Å². The van der Waals surface area contributed by atoms with Crippen LogP contribution in [-0.2, 0) is 12.8 Å². The number of phenols is 1. The summed E-state index contributed by atoms with van der Waals surface area (Å²) in [6.07, 6.45) is 1.17. The predicted octanol–water partition coefficient (Wildman–Crippen LogP) is 3.31. The maximum atomic E-state index is 12.4. The van der Waals surface area contributed by atoms with Gasteiger partial charge < -0.3 is 23.7 Å². The SMILES string of the molecule is COc1cc(CCc2cc(=O)c3cc(OC)c(OC)cc3o2)ccc1O. The first-order valence-electron chi connectivity index (χ1n) is 8.10. The zero-order valence-corrected chi connectivity index (χ0v) is 14.9. The van der Waals surface area contributed by atoms with Crippen molar-refractivity contribution >= 4 is 11.0 Å². The summed E-state index contributed by atoms with van der Waals surface area (Å²) in [5.74, 6) is 2.07. The van der Waals surface area contributed by atoms with Gasteiger partial charge in [0.1, 0.15) is 11.3 Å².